The number of alkyl carbamates (subject to hydrolysis) is 1. The lowest BCUT2D eigenvalue weighted by Gasteiger charge is -2.26. The Labute approximate surface area is 265 Å². The second-order valence-corrected chi connectivity index (χ2v) is 12.6. The second kappa shape index (κ2) is 14.3. The topological polar surface area (TPSA) is 100 Å². The fourth-order valence-corrected chi connectivity index (χ4v) is 5.80. The Morgan fingerprint density at radius 3 is 2.36 bits per heavy atom. The highest BCUT2D eigenvalue weighted by Gasteiger charge is 2.49. The zero-order valence-corrected chi connectivity index (χ0v) is 26.5. The van der Waals surface area contributed by atoms with Crippen molar-refractivity contribution in [3.8, 4) is 11.5 Å². The summed E-state index contributed by atoms with van der Waals surface area (Å²) in [5.74, 6) is 0.899. The molecule has 2 amide bonds. The van der Waals surface area contributed by atoms with Gasteiger partial charge in [0.2, 0.25) is 17.9 Å². The molecule has 2 saturated heterocycles. The molecule has 2 fully saturated rings. The minimum Gasteiger partial charge on any atom is -0.457 e. The quantitative estimate of drug-likeness (QED) is 0.212. The summed E-state index contributed by atoms with van der Waals surface area (Å²) in [6.07, 6.45) is 0.444. The number of rotatable bonds is 13. The van der Waals surface area contributed by atoms with Gasteiger partial charge in [0.1, 0.15) is 11.5 Å². The summed E-state index contributed by atoms with van der Waals surface area (Å²) in [7, 11) is 0. The number of hydroxylamine groups is 2. The number of hydrogen-bond donors (Lipinski definition) is 1. The first-order valence-electron chi connectivity index (χ1n) is 15.8. The molecule has 2 heterocycles. The molecule has 2 aliphatic heterocycles. The molecule has 3 unspecified atom stereocenters. The Balaban J connectivity index is 1.22. The maximum Gasteiger partial charge on any atom is 0.409 e. The minimum absolute atomic E-state index is 0.0899. The predicted octanol–water partition coefficient (Wildman–Crippen LogP) is 6.79. The fourth-order valence-electron chi connectivity index (χ4n) is 5.80. The van der Waals surface area contributed by atoms with Gasteiger partial charge in [0, 0.05) is 18.5 Å². The first-order valence-corrected chi connectivity index (χ1v) is 15.8. The molecule has 9 heteroatoms. The molecule has 9 nitrogen and oxygen atoms in total. The predicted molar refractivity (Wildman–Crippen MR) is 170 cm³/mol. The van der Waals surface area contributed by atoms with E-state index in [0.717, 1.165) is 24.0 Å². The number of carbonyl (C=O) groups excluding carboxylic acids is 3. The summed E-state index contributed by atoms with van der Waals surface area (Å²) in [6.45, 7) is 8.53. The van der Waals surface area contributed by atoms with E-state index in [-0.39, 0.29) is 29.6 Å². The molecule has 2 aliphatic rings. The summed E-state index contributed by atoms with van der Waals surface area (Å²) in [4.78, 5) is 47.7. The first kappa shape index (κ1) is 32.2. The summed E-state index contributed by atoms with van der Waals surface area (Å²) in [5, 5.41) is 4.45. The van der Waals surface area contributed by atoms with E-state index in [1.165, 1.54) is 0 Å². The Kier molecular flexibility index (Phi) is 10.2. The van der Waals surface area contributed by atoms with E-state index in [4.69, 9.17) is 14.3 Å². The number of hydrogen-bond acceptors (Lipinski definition) is 7. The van der Waals surface area contributed by atoms with Gasteiger partial charge in [-0.25, -0.2) is 4.79 Å². The van der Waals surface area contributed by atoms with Crippen LogP contribution in [0.15, 0.2) is 84.9 Å². The highest BCUT2D eigenvalue weighted by atomic mass is 16.8. The number of likely N-dealkylation sites (tertiary alicyclic amines) is 1. The third-order valence-electron chi connectivity index (χ3n) is 8.32. The SMILES string of the molecule is CCCC[C@H](NC(=O)OC1CC(C)(C)CN1C(=O)Cc1ccccc1Oc1ccccc1)C(=O)C1ON1[C@H](C)c1ccccc1. The number of nitrogens with zero attached hydrogens (tertiary/aromatic N) is 2. The zero-order valence-electron chi connectivity index (χ0n) is 26.5. The average Bonchev–Trinajstić information content (AvgIpc) is 3.77. The Morgan fingerprint density at radius 1 is 0.978 bits per heavy atom. The molecule has 0 aromatic heterocycles. The van der Waals surface area contributed by atoms with Gasteiger partial charge in [0.15, 0.2) is 6.23 Å². The maximum atomic E-state index is 13.7. The molecular weight excluding hydrogens is 570 g/mol. The van der Waals surface area contributed by atoms with Crippen LogP contribution >= 0.6 is 0 Å². The molecule has 45 heavy (non-hydrogen) atoms. The maximum absolute atomic E-state index is 13.7. The van der Waals surface area contributed by atoms with E-state index in [0.29, 0.717) is 30.9 Å². The monoisotopic (exact) mass is 613 g/mol. The lowest BCUT2D eigenvalue weighted by molar-refractivity contribution is -0.137. The second-order valence-electron chi connectivity index (χ2n) is 12.6. The smallest absolute Gasteiger partial charge is 0.409 e. The van der Waals surface area contributed by atoms with Crippen molar-refractivity contribution in [2.24, 2.45) is 5.41 Å². The normalized spacial score (nSPS) is 21.4. The average molecular weight is 614 g/mol. The van der Waals surface area contributed by atoms with Crippen LogP contribution in [0, 0.1) is 5.41 Å². The molecule has 5 atom stereocenters. The molecule has 0 radical (unpaired) electrons. The number of carbonyl (C=O) groups is 3. The van der Waals surface area contributed by atoms with E-state index < -0.39 is 24.6 Å². The Morgan fingerprint density at radius 2 is 1.64 bits per heavy atom. The van der Waals surface area contributed by atoms with E-state index >= 15 is 0 Å². The fraction of sp³-hybridized carbons (Fsp3) is 0.417. The van der Waals surface area contributed by atoms with Gasteiger partial charge in [0.05, 0.1) is 18.5 Å². The van der Waals surface area contributed by atoms with Crippen molar-refractivity contribution in [2.75, 3.05) is 6.54 Å². The molecule has 0 bridgehead atoms. The van der Waals surface area contributed by atoms with Gasteiger partial charge in [-0.1, -0.05) is 100 Å². The first-order chi connectivity index (χ1) is 21.6. The summed E-state index contributed by atoms with van der Waals surface area (Å²) < 4.78 is 11.9. The van der Waals surface area contributed by atoms with E-state index in [1.54, 1.807) is 9.96 Å². The molecule has 1 N–H and O–H groups in total. The molecule has 0 aliphatic carbocycles. The minimum atomic E-state index is -0.768. The number of ketones is 1. The van der Waals surface area contributed by atoms with Gasteiger partial charge in [-0.05, 0) is 42.5 Å². The number of para-hydroxylation sites is 2. The van der Waals surface area contributed by atoms with Crippen molar-refractivity contribution in [1.82, 2.24) is 15.3 Å². The third kappa shape index (κ3) is 8.29. The van der Waals surface area contributed by atoms with Crippen molar-refractivity contribution in [3.05, 3.63) is 96.1 Å². The van der Waals surface area contributed by atoms with Crippen LogP contribution in [0.2, 0.25) is 0 Å². The van der Waals surface area contributed by atoms with E-state index in [1.807, 2.05) is 113 Å². The van der Waals surface area contributed by atoms with Gasteiger partial charge < -0.3 is 19.7 Å². The molecule has 5 rings (SSSR count). The largest absolute Gasteiger partial charge is 0.457 e. The highest BCUT2D eigenvalue weighted by Crippen LogP contribution is 2.37. The van der Waals surface area contributed by atoms with Gasteiger partial charge in [-0.2, -0.15) is 0 Å². The highest BCUT2D eigenvalue weighted by molar-refractivity contribution is 5.91. The van der Waals surface area contributed by atoms with Gasteiger partial charge in [-0.15, -0.1) is 5.06 Å². The Hall–Kier alpha value is -4.21. The number of benzene rings is 3. The van der Waals surface area contributed by atoms with Crippen LogP contribution in [-0.2, 0) is 25.6 Å². The van der Waals surface area contributed by atoms with Crippen molar-refractivity contribution in [2.45, 2.75) is 84.3 Å². The number of nitrogens with one attached hydrogen (secondary N) is 1. The van der Waals surface area contributed by atoms with Crippen molar-refractivity contribution >= 4 is 17.8 Å². The molecular formula is C36H43N3O6. The van der Waals surface area contributed by atoms with Crippen LogP contribution in [-0.4, -0.2) is 52.8 Å². The van der Waals surface area contributed by atoms with E-state index in [2.05, 4.69) is 5.32 Å². The number of unbranched alkanes of at least 4 members (excludes halogenated alkanes) is 1. The number of ether oxygens (including phenoxy) is 2. The van der Waals surface area contributed by atoms with Crippen LogP contribution in [0.3, 0.4) is 0 Å². The van der Waals surface area contributed by atoms with Gasteiger partial charge in [0.25, 0.3) is 0 Å². The van der Waals surface area contributed by atoms with Crippen LogP contribution in [0.4, 0.5) is 4.79 Å². The number of amides is 2. The van der Waals surface area contributed by atoms with Crippen LogP contribution in [0.5, 0.6) is 11.5 Å². The summed E-state index contributed by atoms with van der Waals surface area (Å²) >= 11 is 0. The third-order valence-corrected chi connectivity index (χ3v) is 8.32. The zero-order chi connectivity index (χ0) is 32.0. The van der Waals surface area contributed by atoms with Crippen LogP contribution < -0.4 is 10.1 Å². The molecule has 3 aromatic rings. The van der Waals surface area contributed by atoms with Crippen molar-refractivity contribution in [1.29, 1.82) is 0 Å². The number of Topliss-reactive ketones (excluding diaryl/α,β-unsaturated/α-hetero) is 1. The molecule has 3 aromatic carbocycles. The lowest BCUT2D eigenvalue weighted by Crippen LogP contribution is -2.47. The molecule has 0 spiro atoms. The summed E-state index contributed by atoms with van der Waals surface area (Å²) in [6, 6.07) is 25.8. The van der Waals surface area contributed by atoms with Crippen molar-refractivity contribution in [3.63, 3.8) is 0 Å². The summed E-state index contributed by atoms with van der Waals surface area (Å²) in [5.41, 5.74) is 1.52. The standard InChI is InChI=1S/C36H43N3O6/c1-5-6-20-29(33(41)34-39(45-34)25(2)26-15-9-7-10-16-26)37-35(42)44-32-23-36(3,4)24-38(32)31(40)22-27-17-13-14-21-30(27)43-28-18-11-8-12-19-28/h7-19,21,25,29,32,34H,5-6,20,22-24H2,1-4H3,(H,37,42)/t25-,29+,32?,34?,39?/m1/s1. The molecule has 0 saturated carbocycles. The molecule has 238 valence electrons. The van der Waals surface area contributed by atoms with Crippen LogP contribution in [0.1, 0.15) is 70.5 Å². The lowest BCUT2D eigenvalue weighted by atomic mass is 9.93. The Bertz CT molecular complexity index is 1460. The van der Waals surface area contributed by atoms with Gasteiger partial charge >= 0.3 is 6.09 Å². The van der Waals surface area contributed by atoms with E-state index in [9.17, 15) is 14.4 Å². The van der Waals surface area contributed by atoms with Crippen molar-refractivity contribution < 1.29 is 28.7 Å². The van der Waals surface area contributed by atoms with Gasteiger partial charge in [-0.3, -0.25) is 14.4 Å². The van der Waals surface area contributed by atoms with Crippen LogP contribution in [0.25, 0.3) is 0 Å².